The van der Waals surface area contributed by atoms with Gasteiger partial charge in [0.15, 0.2) is 11.5 Å². The van der Waals surface area contributed by atoms with Gasteiger partial charge in [0, 0.05) is 12.1 Å². The van der Waals surface area contributed by atoms with Crippen LogP contribution in [0.3, 0.4) is 0 Å². The molecule has 0 fully saturated rings. The highest BCUT2D eigenvalue weighted by Crippen LogP contribution is 2.33. The second-order valence-corrected chi connectivity index (χ2v) is 6.81. The highest BCUT2D eigenvalue weighted by molar-refractivity contribution is 6.05. The molecule has 1 amide bonds. The Morgan fingerprint density at radius 2 is 1.90 bits per heavy atom. The minimum Gasteiger partial charge on any atom is -0.497 e. The molecule has 0 bridgehead atoms. The number of nitrogens with one attached hydrogen (secondary N) is 1. The molecule has 4 rings (SSSR count). The van der Waals surface area contributed by atoms with Gasteiger partial charge >= 0.3 is 0 Å². The topological polar surface area (TPSA) is 89.8 Å². The Bertz CT molecular complexity index is 1220. The van der Waals surface area contributed by atoms with Crippen molar-refractivity contribution in [2.75, 3.05) is 21.0 Å². The van der Waals surface area contributed by atoms with E-state index in [1.54, 1.807) is 32.4 Å². The number of carbonyl (C=O) groups excluding carboxylic acids is 1. The normalized spacial score (nSPS) is 12.4. The first-order valence-corrected chi connectivity index (χ1v) is 9.56. The molecule has 0 saturated heterocycles. The van der Waals surface area contributed by atoms with Crippen LogP contribution in [0.5, 0.6) is 23.0 Å². The van der Waals surface area contributed by atoms with Crippen LogP contribution in [-0.4, -0.2) is 26.9 Å². The number of hydrogen-bond donors (Lipinski definition) is 1. The van der Waals surface area contributed by atoms with E-state index in [4.69, 9.17) is 18.9 Å². The monoisotopic (exact) mass is 416 g/mol. The summed E-state index contributed by atoms with van der Waals surface area (Å²) in [5.74, 6) is 2.05. The highest BCUT2D eigenvalue weighted by Gasteiger charge is 2.16. The van der Waals surface area contributed by atoms with Crippen molar-refractivity contribution in [3.05, 3.63) is 65.2 Å². The van der Waals surface area contributed by atoms with E-state index < -0.39 is 5.91 Å². The SMILES string of the molecule is COc1ccc2ccc(OC)c(/C=C(\C#N)C(=O)NCc3ccc4c(c3)OCO4)c2c1. The van der Waals surface area contributed by atoms with Gasteiger partial charge in [-0.25, -0.2) is 0 Å². The lowest BCUT2D eigenvalue weighted by Crippen LogP contribution is -2.24. The van der Waals surface area contributed by atoms with Crippen molar-refractivity contribution in [3.8, 4) is 29.1 Å². The zero-order valence-corrected chi connectivity index (χ0v) is 17.1. The van der Waals surface area contributed by atoms with Gasteiger partial charge in [0.05, 0.1) is 14.2 Å². The maximum absolute atomic E-state index is 12.7. The van der Waals surface area contributed by atoms with Gasteiger partial charge in [0.25, 0.3) is 5.91 Å². The van der Waals surface area contributed by atoms with Crippen LogP contribution in [0.4, 0.5) is 0 Å². The molecule has 0 unspecified atom stereocenters. The van der Waals surface area contributed by atoms with Crippen molar-refractivity contribution in [1.29, 1.82) is 5.26 Å². The molecule has 1 aliphatic rings. The molecule has 1 aliphatic heterocycles. The van der Waals surface area contributed by atoms with Crippen molar-refractivity contribution < 1.29 is 23.7 Å². The smallest absolute Gasteiger partial charge is 0.262 e. The third kappa shape index (κ3) is 4.09. The summed E-state index contributed by atoms with van der Waals surface area (Å²) >= 11 is 0. The second-order valence-electron chi connectivity index (χ2n) is 6.81. The van der Waals surface area contributed by atoms with Gasteiger partial charge in [-0.3, -0.25) is 4.79 Å². The maximum Gasteiger partial charge on any atom is 0.262 e. The summed E-state index contributed by atoms with van der Waals surface area (Å²) in [6.45, 7) is 0.430. The fourth-order valence-electron chi connectivity index (χ4n) is 3.38. The van der Waals surface area contributed by atoms with E-state index in [1.165, 1.54) is 6.08 Å². The number of benzene rings is 3. The lowest BCUT2D eigenvalue weighted by atomic mass is 10.0. The first kappa shape index (κ1) is 20.1. The number of methoxy groups -OCH3 is 2. The standard InChI is InChI=1S/C24H20N2O5/c1-28-18-6-4-16-5-8-21(29-2)20(19(16)11-18)10-17(12-25)24(27)26-13-15-3-7-22-23(9-15)31-14-30-22/h3-11H,13-14H2,1-2H3,(H,26,27)/b17-10+. The van der Waals surface area contributed by atoms with Gasteiger partial charge in [-0.1, -0.05) is 18.2 Å². The molecule has 0 saturated carbocycles. The number of nitriles is 1. The van der Waals surface area contributed by atoms with Crippen molar-refractivity contribution in [3.63, 3.8) is 0 Å². The lowest BCUT2D eigenvalue weighted by Gasteiger charge is -2.11. The van der Waals surface area contributed by atoms with Crippen LogP contribution in [0.25, 0.3) is 16.8 Å². The number of carbonyl (C=O) groups is 1. The van der Waals surface area contributed by atoms with Crippen molar-refractivity contribution >= 4 is 22.8 Å². The minimum absolute atomic E-state index is 0.0330. The van der Waals surface area contributed by atoms with E-state index in [9.17, 15) is 10.1 Å². The highest BCUT2D eigenvalue weighted by atomic mass is 16.7. The number of amides is 1. The van der Waals surface area contributed by atoms with Crippen LogP contribution in [0.1, 0.15) is 11.1 Å². The van der Waals surface area contributed by atoms with Crippen LogP contribution >= 0.6 is 0 Å². The van der Waals surface area contributed by atoms with Crippen LogP contribution in [0.15, 0.2) is 54.1 Å². The van der Waals surface area contributed by atoms with Gasteiger partial charge in [-0.15, -0.1) is 0 Å². The quantitative estimate of drug-likeness (QED) is 0.486. The van der Waals surface area contributed by atoms with Crippen LogP contribution < -0.4 is 24.3 Å². The zero-order chi connectivity index (χ0) is 21.8. The van der Waals surface area contributed by atoms with E-state index in [1.807, 2.05) is 36.4 Å². The molecule has 0 aromatic heterocycles. The Balaban J connectivity index is 1.62. The molecule has 3 aromatic rings. The Morgan fingerprint density at radius 1 is 1.10 bits per heavy atom. The van der Waals surface area contributed by atoms with Crippen molar-refractivity contribution in [2.24, 2.45) is 0 Å². The third-order valence-corrected chi connectivity index (χ3v) is 4.99. The molecule has 1 N–H and O–H groups in total. The largest absolute Gasteiger partial charge is 0.497 e. The van der Waals surface area contributed by atoms with E-state index in [0.29, 0.717) is 28.6 Å². The summed E-state index contributed by atoms with van der Waals surface area (Å²) in [7, 11) is 3.13. The molecular formula is C24H20N2O5. The number of hydrogen-bond acceptors (Lipinski definition) is 6. The summed E-state index contributed by atoms with van der Waals surface area (Å²) in [5.41, 5.74) is 1.44. The second kappa shape index (κ2) is 8.67. The number of ether oxygens (including phenoxy) is 4. The summed E-state index contributed by atoms with van der Waals surface area (Å²) in [6, 6.07) is 16.8. The first-order valence-electron chi connectivity index (χ1n) is 9.56. The number of fused-ring (bicyclic) bond motifs is 2. The molecule has 7 heteroatoms. The van der Waals surface area contributed by atoms with Crippen LogP contribution in [0, 0.1) is 11.3 Å². The van der Waals surface area contributed by atoms with E-state index in [2.05, 4.69) is 5.32 Å². The van der Waals surface area contributed by atoms with Crippen LogP contribution in [-0.2, 0) is 11.3 Å². The van der Waals surface area contributed by atoms with E-state index >= 15 is 0 Å². The first-order chi connectivity index (χ1) is 15.1. The van der Waals surface area contributed by atoms with Gasteiger partial charge < -0.3 is 24.3 Å². The van der Waals surface area contributed by atoms with Crippen molar-refractivity contribution in [2.45, 2.75) is 6.54 Å². The number of rotatable bonds is 6. The molecule has 0 radical (unpaired) electrons. The average molecular weight is 416 g/mol. The Labute approximate surface area is 179 Å². The Kier molecular flexibility index (Phi) is 5.63. The fraction of sp³-hybridized carbons (Fsp3) is 0.167. The minimum atomic E-state index is -0.484. The van der Waals surface area contributed by atoms with Gasteiger partial charge in [0.2, 0.25) is 6.79 Å². The van der Waals surface area contributed by atoms with E-state index in [-0.39, 0.29) is 18.9 Å². The molecule has 7 nitrogen and oxygen atoms in total. The molecular weight excluding hydrogens is 396 g/mol. The average Bonchev–Trinajstić information content (AvgIpc) is 3.28. The third-order valence-electron chi connectivity index (χ3n) is 4.99. The molecule has 31 heavy (non-hydrogen) atoms. The van der Waals surface area contributed by atoms with Gasteiger partial charge in [0.1, 0.15) is 23.1 Å². The van der Waals surface area contributed by atoms with E-state index in [0.717, 1.165) is 16.3 Å². The van der Waals surface area contributed by atoms with Gasteiger partial charge in [-0.05, 0) is 52.7 Å². The summed E-state index contributed by atoms with van der Waals surface area (Å²) < 4.78 is 21.4. The summed E-state index contributed by atoms with van der Waals surface area (Å²) in [4.78, 5) is 12.7. The van der Waals surface area contributed by atoms with Crippen molar-refractivity contribution in [1.82, 2.24) is 5.32 Å². The molecule has 3 aromatic carbocycles. The molecule has 156 valence electrons. The van der Waals surface area contributed by atoms with Crippen LogP contribution in [0.2, 0.25) is 0 Å². The Morgan fingerprint density at radius 3 is 2.68 bits per heavy atom. The molecule has 1 heterocycles. The lowest BCUT2D eigenvalue weighted by molar-refractivity contribution is -0.117. The summed E-state index contributed by atoms with van der Waals surface area (Å²) in [6.07, 6.45) is 1.54. The zero-order valence-electron chi connectivity index (χ0n) is 17.1. The van der Waals surface area contributed by atoms with Gasteiger partial charge in [-0.2, -0.15) is 5.26 Å². The molecule has 0 spiro atoms. The predicted octanol–water partition coefficient (Wildman–Crippen LogP) is 3.81. The molecule has 0 atom stereocenters. The fourth-order valence-corrected chi connectivity index (χ4v) is 3.38. The summed E-state index contributed by atoms with van der Waals surface area (Å²) in [5, 5.41) is 14.2. The maximum atomic E-state index is 12.7. The predicted molar refractivity (Wildman–Crippen MR) is 115 cm³/mol. The Hall–Kier alpha value is -4.18. The number of nitrogens with zero attached hydrogens (tertiary/aromatic N) is 1. The molecule has 0 aliphatic carbocycles.